The van der Waals surface area contributed by atoms with Gasteiger partial charge in [-0.1, -0.05) is 42.0 Å². The zero-order valence-electron chi connectivity index (χ0n) is 10.6. The molecule has 0 radical (unpaired) electrons. The van der Waals surface area contributed by atoms with Crippen LogP contribution in [-0.2, 0) is 0 Å². The average molecular weight is 341 g/mol. The van der Waals surface area contributed by atoms with Crippen LogP contribution in [0.4, 0.5) is 0 Å². The van der Waals surface area contributed by atoms with Crippen molar-refractivity contribution in [2.75, 3.05) is 6.54 Å². The van der Waals surface area contributed by atoms with Crippen molar-refractivity contribution >= 4 is 45.0 Å². The summed E-state index contributed by atoms with van der Waals surface area (Å²) < 4.78 is 0.767. The van der Waals surface area contributed by atoms with Gasteiger partial charge in [0.05, 0.1) is 16.1 Å². The van der Waals surface area contributed by atoms with Crippen LogP contribution >= 0.6 is 28.1 Å². The number of nitrogens with zero attached hydrogens (tertiary/aromatic N) is 1. The van der Waals surface area contributed by atoms with E-state index in [1.807, 2.05) is 13.8 Å². The lowest BCUT2D eigenvalue weighted by molar-refractivity contribution is 0.0621. The molecular formula is C13H13BrN2O2S. The molecule has 0 bridgehead atoms. The number of rotatable bonds is 3. The molecule has 0 saturated heterocycles. The number of benzene rings is 1. The maximum Gasteiger partial charge on any atom is 0.261 e. The fourth-order valence-electron chi connectivity index (χ4n) is 1.88. The topological polar surface area (TPSA) is 63.4 Å². The summed E-state index contributed by atoms with van der Waals surface area (Å²) >= 11 is 8.27. The fourth-order valence-corrected chi connectivity index (χ4v) is 2.31. The fraction of sp³-hybridized carbons (Fsp3) is 0.308. The van der Waals surface area contributed by atoms with E-state index < -0.39 is 5.41 Å². The predicted octanol–water partition coefficient (Wildman–Crippen LogP) is 2.36. The molecule has 0 aliphatic carbocycles. The highest BCUT2D eigenvalue weighted by atomic mass is 79.9. The molecule has 1 aromatic rings. The Morgan fingerprint density at radius 1 is 1.32 bits per heavy atom. The summed E-state index contributed by atoms with van der Waals surface area (Å²) in [6.07, 6.45) is 0. The number of carbonyl (C=O) groups is 2. The Morgan fingerprint density at radius 3 is 2.47 bits per heavy atom. The number of nitrogens with two attached hydrogens (primary N) is 1. The van der Waals surface area contributed by atoms with Gasteiger partial charge in [-0.05, 0) is 18.2 Å². The first kappa shape index (κ1) is 14.1. The van der Waals surface area contributed by atoms with Crippen molar-refractivity contribution in [1.82, 2.24) is 4.90 Å². The van der Waals surface area contributed by atoms with Crippen molar-refractivity contribution in [1.29, 1.82) is 0 Å². The summed E-state index contributed by atoms with van der Waals surface area (Å²) in [7, 11) is 0. The second-order valence-electron chi connectivity index (χ2n) is 5.13. The number of carbonyl (C=O) groups excluding carboxylic acids is 2. The normalized spacial score (nSPS) is 14.8. The van der Waals surface area contributed by atoms with Crippen molar-refractivity contribution in [3.8, 4) is 0 Å². The highest BCUT2D eigenvalue weighted by Crippen LogP contribution is 2.29. The summed E-state index contributed by atoms with van der Waals surface area (Å²) in [5, 5.41) is 0. The van der Waals surface area contributed by atoms with E-state index in [1.54, 1.807) is 18.2 Å². The Hall–Kier alpha value is -1.27. The third-order valence-electron chi connectivity index (χ3n) is 3.15. The molecule has 6 heteroatoms. The van der Waals surface area contributed by atoms with Gasteiger partial charge in [-0.25, -0.2) is 0 Å². The van der Waals surface area contributed by atoms with Crippen LogP contribution in [0, 0.1) is 5.41 Å². The Kier molecular flexibility index (Phi) is 3.49. The number of imide groups is 1. The van der Waals surface area contributed by atoms with Gasteiger partial charge in [-0.2, -0.15) is 0 Å². The first-order valence-electron chi connectivity index (χ1n) is 5.70. The van der Waals surface area contributed by atoms with Crippen molar-refractivity contribution in [2.45, 2.75) is 13.8 Å². The van der Waals surface area contributed by atoms with Crippen LogP contribution in [0.15, 0.2) is 22.7 Å². The molecule has 19 heavy (non-hydrogen) atoms. The molecule has 2 N–H and O–H groups in total. The first-order valence-corrected chi connectivity index (χ1v) is 6.90. The highest BCUT2D eigenvalue weighted by molar-refractivity contribution is 9.10. The van der Waals surface area contributed by atoms with Crippen LogP contribution in [0.5, 0.6) is 0 Å². The summed E-state index contributed by atoms with van der Waals surface area (Å²) in [6.45, 7) is 3.82. The minimum absolute atomic E-state index is 0.187. The van der Waals surface area contributed by atoms with Crippen molar-refractivity contribution in [3.05, 3.63) is 33.8 Å². The smallest absolute Gasteiger partial charge is 0.261 e. The van der Waals surface area contributed by atoms with Crippen LogP contribution in [0.2, 0.25) is 0 Å². The van der Waals surface area contributed by atoms with Crippen LogP contribution < -0.4 is 5.73 Å². The average Bonchev–Trinajstić information content (AvgIpc) is 2.54. The minimum Gasteiger partial charge on any atom is -0.393 e. The molecule has 1 aliphatic heterocycles. The second-order valence-corrected chi connectivity index (χ2v) is 6.49. The van der Waals surface area contributed by atoms with Crippen LogP contribution in [0.1, 0.15) is 34.6 Å². The van der Waals surface area contributed by atoms with Gasteiger partial charge in [0.15, 0.2) is 0 Å². The lowest BCUT2D eigenvalue weighted by Crippen LogP contribution is -2.44. The van der Waals surface area contributed by atoms with Gasteiger partial charge in [-0.15, -0.1) is 0 Å². The minimum atomic E-state index is -0.583. The maximum absolute atomic E-state index is 12.3. The van der Waals surface area contributed by atoms with Gasteiger partial charge in [-0.3, -0.25) is 14.5 Å². The quantitative estimate of drug-likeness (QED) is 0.677. The molecule has 2 amide bonds. The van der Waals surface area contributed by atoms with Gasteiger partial charge in [0.25, 0.3) is 11.8 Å². The van der Waals surface area contributed by atoms with Crippen molar-refractivity contribution < 1.29 is 9.59 Å². The maximum atomic E-state index is 12.3. The number of hydrogen-bond acceptors (Lipinski definition) is 3. The van der Waals surface area contributed by atoms with Gasteiger partial charge in [0.2, 0.25) is 0 Å². The predicted molar refractivity (Wildman–Crippen MR) is 80.1 cm³/mol. The molecule has 0 aromatic heterocycles. The number of thiocarbonyl (C=S) groups is 1. The Bertz CT molecular complexity index is 598. The Balaban J connectivity index is 2.36. The van der Waals surface area contributed by atoms with Crippen LogP contribution in [0.3, 0.4) is 0 Å². The van der Waals surface area contributed by atoms with E-state index in [0.717, 1.165) is 4.47 Å². The Labute approximate surface area is 125 Å². The third-order valence-corrected chi connectivity index (χ3v) is 4.20. The molecule has 4 nitrogen and oxygen atoms in total. The zero-order chi connectivity index (χ0) is 14.4. The van der Waals surface area contributed by atoms with Crippen LogP contribution in [-0.4, -0.2) is 28.2 Å². The SMILES string of the molecule is CC(C)(CN1C(=O)c2ccc(Br)cc2C1=O)C(N)=S. The van der Waals surface area contributed by atoms with Gasteiger partial charge in [0, 0.05) is 16.4 Å². The molecule has 0 saturated carbocycles. The van der Waals surface area contributed by atoms with Crippen molar-refractivity contribution in [2.24, 2.45) is 11.1 Å². The molecule has 0 atom stereocenters. The second kappa shape index (κ2) is 4.68. The van der Waals surface area contributed by atoms with E-state index in [4.69, 9.17) is 18.0 Å². The number of fused-ring (bicyclic) bond motifs is 1. The van der Waals surface area contributed by atoms with E-state index in [1.165, 1.54) is 4.90 Å². The molecule has 0 spiro atoms. The first-order chi connectivity index (χ1) is 8.74. The number of hydrogen-bond donors (Lipinski definition) is 1. The zero-order valence-corrected chi connectivity index (χ0v) is 13.0. The molecule has 100 valence electrons. The van der Waals surface area contributed by atoms with E-state index in [9.17, 15) is 9.59 Å². The van der Waals surface area contributed by atoms with E-state index >= 15 is 0 Å². The highest BCUT2D eigenvalue weighted by Gasteiger charge is 2.39. The van der Waals surface area contributed by atoms with E-state index in [-0.39, 0.29) is 23.3 Å². The summed E-state index contributed by atoms with van der Waals surface area (Å²) in [6, 6.07) is 5.04. The largest absolute Gasteiger partial charge is 0.393 e. The summed E-state index contributed by atoms with van der Waals surface area (Å²) in [5.41, 5.74) is 5.90. The monoisotopic (exact) mass is 340 g/mol. The standard InChI is InChI=1S/C13H13BrN2O2S/c1-13(2,12(15)19)6-16-10(17)8-4-3-7(14)5-9(8)11(16)18/h3-5H,6H2,1-2H3,(H2,15,19). The van der Waals surface area contributed by atoms with Crippen molar-refractivity contribution in [3.63, 3.8) is 0 Å². The van der Waals surface area contributed by atoms with Gasteiger partial charge < -0.3 is 5.73 Å². The van der Waals surface area contributed by atoms with E-state index in [2.05, 4.69) is 15.9 Å². The van der Waals surface area contributed by atoms with E-state index in [0.29, 0.717) is 11.1 Å². The summed E-state index contributed by atoms with van der Waals surface area (Å²) in [4.78, 5) is 26.0. The molecule has 1 aromatic carbocycles. The van der Waals surface area contributed by atoms with Gasteiger partial charge >= 0.3 is 0 Å². The summed E-state index contributed by atoms with van der Waals surface area (Å²) in [5.74, 6) is -0.595. The molecule has 1 aliphatic rings. The molecule has 1 heterocycles. The molecular weight excluding hydrogens is 328 g/mol. The Morgan fingerprint density at radius 2 is 1.89 bits per heavy atom. The van der Waals surface area contributed by atoms with Crippen LogP contribution in [0.25, 0.3) is 0 Å². The molecule has 2 rings (SSSR count). The lowest BCUT2D eigenvalue weighted by atomic mass is 9.93. The number of halogens is 1. The number of amides is 2. The van der Waals surface area contributed by atoms with Gasteiger partial charge in [0.1, 0.15) is 0 Å². The lowest BCUT2D eigenvalue weighted by Gasteiger charge is -2.27. The molecule has 0 unspecified atom stereocenters. The molecule has 0 fully saturated rings. The third kappa shape index (κ3) is 2.42.